The van der Waals surface area contributed by atoms with E-state index in [1.807, 2.05) is 6.07 Å². The maximum absolute atomic E-state index is 13.2. The van der Waals surface area contributed by atoms with Crippen LogP contribution < -0.4 is 5.73 Å². The fourth-order valence-electron chi connectivity index (χ4n) is 0.936. The van der Waals surface area contributed by atoms with Gasteiger partial charge in [-0.25, -0.2) is 4.39 Å². The van der Waals surface area contributed by atoms with Gasteiger partial charge in [0.05, 0.1) is 18.2 Å². The van der Waals surface area contributed by atoms with Gasteiger partial charge in [-0.1, -0.05) is 24.3 Å². The number of nitrogens with two attached hydrogens (primary N) is 1. The van der Waals surface area contributed by atoms with E-state index in [2.05, 4.69) is 0 Å². The molecule has 2 nitrogen and oxygen atoms in total. The number of hydrogen-bond donors (Lipinski definition) is 1. The summed E-state index contributed by atoms with van der Waals surface area (Å²) in [4.78, 5) is 0. The molecule has 0 spiro atoms. The maximum atomic E-state index is 13.2. The number of rotatable bonds is 2. The smallest absolute Gasteiger partial charge is 0.153 e. The van der Waals surface area contributed by atoms with Crippen LogP contribution in [0.15, 0.2) is 24.3 Å². The molecule has 0 saturated carbocycles. The summed E-state index contributed by atoms with van der Waals surface area (Å²) in [6.45, 7) is 0. The van der Waals surface area contributed by atoms with Crippen LogP contribution in [-0.4, -0.2) is 0 Å². The van der Waals surface area contributed by atoms with Crippen molar-refractivity contribution in [3.8, 4) is 6.07 Å². The quantitative estimate of drug-likeness (QED) is 0.703. The highest BCUT2D eigenvalue weighted by molar-refractivity contribution is 5.57. The summed E-state index contributed by atoms with van der Waals surface area (Å²) in [6.07, 6.45) is 3.42. The van der Waals surface area contributed by atoms with E-state index in [0.29, 0.717) is 5.56 Å². The Morgan fingerprint density at radius 2 is 2.31 bits per heavy atom. The van der Waals surface area contributed by atoms with Gasteiger partial charge in [0.15, 0.2) is 5.82 Å². The van der Waals surface area contributed by atoms with E-state index in [-0.39, 0.29) is 12.1 Å². The van der Waals surface area contributed by atoms with Gasteiger partial charge in [0.1, 0.15) is 0 Å². The standard InChI is InChI=1S/C10H9FN2/c11-10-8(4-1-2-7-12)5-3-6-9(10)13/h1,3-6H,2,13H2. The van der Waals surface area contributed by atoms with E-state index in [1.54, 1.807) is 24.3 Å². The topological polar surface area (TPSA) is 49.8 Å². The van der Waals surface area contributed by atoms with Crippen molar-refractivity contribution < 1.29 is 4.39 Å². The van der Waals surface area contributed by atoms with Crippen molar-refractivity contribution in [2.24, 2.45) is 0 Å². The Bertz CT molecular complexity index is 364. The SMILES string of the molecule is N#CCC=Cc1cccc(N)c1F. The molecule has 0 aromatic heterocycles. The largest absolute Gasteiger partial charge is 0.396 e. The first-order chi connectivity index (χ1) is 6.25. The van der Waals surface area contributed by atoms with Crippen molar-refractivity contribution in [2.45, 2.75) is 6.42 Å². The van der Waals surface area contributed by atoms with Crippen LogP contribution in [0, 0.1) is 17.1 Å². The molecule has 66 valence electrons. The molecule has 0 saturated heterocycles. The van der Waals surface area contributed by atoms with Crippen molar-refractivity contribution in [3.63, 3.8) is 0 Å². The summed E-state index contributed by atoms with van der Waals surface area (Å²) in [5, 5.41) is 8.25. The molecule has 0 fully saturated rings. The molecule has 1 rings (SSSR count). The monoisotopic (exact) mass is 176 g/mol. The average Bonchev–Trinajstić information content (AvgIpc) is 2.13. The minimum atomic E-state index is -0.434. The Labute approximate surface area is 76.1 Å². The molecular formula is C10H9FN2. The van der Waals surface area contributed by atoms with E-state index in [0.717, 1.165) is 0 Å². The molecule has 0 bridgehead atoms. The normalized spacial score (nSPS) is 10.2. The summed E-state index contributed by atoms with van der Waals surface area (Å²) in [5.41, 5.74) is 5.89. The van der Waals surface area contributed by atoms with Crippen molar-refractivity contribution in [3.05, 3.63) is 35.7 Å². The lowest BCUT2D eigenvalue weighted by Crippen LogP contribution is -1.91. The Balaban J connectivity index is 2.90. The Kier molecular flexibility index (Phi) is 3.04. The lowest BCUT2D eigenvalue weighted by atomic mass is 10.1. The van der Waals surface area contributed by atoms with E-state index in [9.17, 15) is 4.39 Å². The number of nitriles is 1. The van der Waals surface area contributed by atoms with E-state index in [4.69, 9.17) is 11.0 Å². The van der Waals surface area contributed by atoms with Gasteiger partial charge >= 0.3 is 0 Å². The number of nitrogen functional groups attached to an aromatic ring is 1. The highest BCUT2D eigenvalue weighted by Crippen LogP contribution is 2.15. The van der Waals surface area contributed by atoms with Crippen LogP contribution in [0.4, 0.5) is 10.1 Å². The van der Waals surface area contributed by atoms with Gasteiger partial charge in [-0.3, -0.25) is 0 Å². The van der Waals surface area contributed by atoms with Crippen LogP contribution in [0.3, 0.4) is 0 Å². The minimum Gasteiger partial charge on any atom is -0.396 e. The molecule has 0 aliphatic heterocycles. The molecule has 1 aromatic carbocycles. The fraction of sp³-hybridized carbons (Fsp3) is 0.100. The summed E-state index contributed by atoms with van der Waals surface area (Å²) < 4.78 is 13.2. The van der Waals surface area contributed by atoms with E-state index < -0.39 is 5.82 Å². The molecule has 0 amide bonds. The van der Waals surface area contributed by atoms with Crippen LogP contribution in [0.25, 0.3) is 6.08 Å². The van der Waals surface area contributed by atoms with Gasteiger partial charge < -0.3 is 5.73 Å². The Morgan fingerprint density at radius 1 is 1.54 bits per heavy atom. The van der Waals surface area contributed by atoms with Gasteiger partial charge in [0, 0.05) is 5.56 Å². The van der Waals surface area contributed by atoms with Crippen LogP contribution in [0.2, 0.25) is 0 Å². The Morgan fingerprint density at radius 3 is 3.00 bits per heavy atom. The van der Waals surface area contributed by atoms with E-state index in [1.165, 1.54) is 6.07 Å². The molecular weight excluding hydrogens is 167 g/mol. The number of benzene rings is 1. The predicted octanol–water partition coefficient (Wildman–Crippen LogP) is 2.33. The number of halogens is 1. The van der Waals surface area contributed by atoms with Gasteiger partial charge in [0.2, 0.25) is 0 Å². The molecule has 1 aromatic rings. The third-order valence-electron chi connectivity index (χ3n) is 1.57. The second-order valence-electron chi connectivity index (χ2n) is 2.52. The zero-order chi connectivity index (χ0) is 9.68. The van der Waals surface area contributed by atoms with Crippen molar-refractivity contribution in [1.29, 1.82) is 5.26 Å². The zero-order valence-electron chi connectivity index (χ0n) is 7.00. The average molecular weight is 176 g/mol. The molecule has 13 heavy (non-hydrogen) atoms. The molecule has 0 aliphatic carbocycles. The molecule has 0 aliphatic rings. The lowest BCUT2D eigenvalue weighted by molar-refractivity contribution is 0.630. The van der Waals surface area contributed by atoms with Gasteiger partial charge in [-0.15, -0.1) is 0 Å². The zero-order valence-corrected chi connectivity index (χ0v) is 7.00. The summed E-state index contributed by atoms with van der Waals surface area (Å²) >= 11 is 0. The first-order valence-corrected chi connectivity index (χ1v) is 3.83. The maximum Gasteiger partial charge on any atom is 0.153 e. The van der Waals surface area contributed by atoms with E-state index >= 15 is 0 Å². The second-order valence-corrected chi connectivity index (χ2v) is 2.52. The third kappa shape index (κ3) is 2.31. The molecule has 2 N–H and O–H groups in total. The van der Waals surface area contributed by atoms with Gasteiger partial charge in [-0.05, 0) is 6.07 Å². The Hall–Kier alpha value is -1.82. The van der Waals surface area contributed by atoms with Crippen LogP contribution in [0.5, 0.6) is 0 Å². The van der Waals surface area contributed by atoms with Crippen LogP contribution in [-0.2, 0) is 0 Å². The van der Waals surface area contributed by atoms with Crippen LogP contribution in [0.1, 0.15) is 12.0 Å². The number of nitrogens with zero attached hydrogens (tertiary/aromatic N) is 1. The highest BCUT2D eigenvalue weighted by Gasteiger charge is 2.00. The second kappa shape index (κ2) is 4.27. The number of hydrogen-bond acceptors (Lipinski definition) is 2. The summed E-state index contributed by atoms with van der Waals surface area (Å²) in [5.74, 6) is -0.434. The van der Waals surface area contributed by atoms with Crippen molar-refractivity contribution in [2.75, 3.05) is 5.73 Å². The third-order valence-corrected chi connectivity index (χ3v) is 1.57. The van der Waals surface area contributed by atoms with Crippen LogP contribution >= 0.6 is 0 Å². The highest BCUT2D eigenvalue weighted by atomic mass is 19.1. The molecule has 0 radical (unpaired) electrons. The predicted molar refractivity (Wildman–Crippen MR) is 50.1 cm³/mol. The first-order valence-electron chi connectivity index (χ1n) is 3.83. The minimum absolute atomic E-state index is 0.124. The summed E-state index contributed by atoms with van der Waals surface area (Å²) in [7, 11) is 0. The number of anilines is 1. The van der Waals surface area contributed by atoms with Gasteiger partial charge in [-0.2, -0.15) is 5.26 Å². The first kappa shape index (κ1) is 9.27. The van der Waals surface area contributed by atoms with Crippen molar-refractivity contribution >= 4 is 11.8 Å². The molecule has 3 heteroatoms. The fourth-order valence-corrected chi connectivity index (χ4v) is 0.936. The molecule has 0 atom stereocenters. The number of allylic oxidation sites excluding steroid dienone is 1. The molecule has 0 unspecified atom stereocenters. The lowest BCUT2D eigenvalue weighted by Gasteiger charge is -1.98. The van der Waals surface area contributed by atoms with Crippen molar-refractivity contribution in [1.82, 2.24) is 0 Å². The summed E-state index contributed by atoms with van der Waals surface area (Å²) in [6, 6.07) is 6.71. The molecule has 0 heterocycles. The van der Waals surface area contributed by atoms with Gasteiger partial charge in [0.25, 0.3) is 0 Å².